The van der Waals surface area contributed by atoms with E-state index in [1.165, 1.54) is 27.7 Å². The highest BCUT2D eigenvalue weighted by atomic mass is 16.3. The van der Waals surface area contributed by atoms with Crippen LogP contribution in [0.2, 0.25) is 0 Å². The van der Waals surface area contributed by atoms with Crippen LogP contribution in [0, 0.1) is 19.8 Å². The van der Waals surface area contributed by atoms with Crippen molar-refractivity contribution in [2.75, 3.05) is 13.1 Å². The molecule has 2 aromatic carbocycles. The van der Waals surface area contributed by atoms with Gasteiger partial charge in [0.05, 0.1) is 6.54 Å². The Kier molecular flexibility index (Phi) is 6.54. The quantitative estimate of drug-likeness (QED) is 0.404. The maximum atomic E-state index is 12.7. The van der Waals surface area contributed by atoms with Gasteiger partial charge in [-0.15, -0.1) is 0 Å². The lowest BCUT2D eigenvalue weighted by Gasteiger charge is -2.31. The zero-order chi connectivity index (χ0) is 23.5. The monoisotopic (exact) mass is 455 g/mol. The number of piperidine rings is 1. The van der Waals surface area contributed by atoms with Crippen molar-refractivity contribution in [1.82, 2.24) is 14.8 Å². The molecule has 2 aromatic heterocycles. The number of para-hydroxylation sites is 1. The van der Waals surface area contributed by atoms with E-state index in [1.807, 2.05) is 19.1 Å². The maximum Gasteiger partial charge on any atom is 0.223 e. The summed E-state index contributed by atoms with van der Waals surface area (Å²) in [4.78, 5) is 15.2. The first-order chi connectivity index (χ1) is 16.5. The van der Waals surface area contributed by atoms with E-state index in [1.54, 1.807) is 0 Å². The molecule has 4 aromatic rings. The van der Waals surface area contributed by atoms with Crippen molar-refractivity contribution in [3.8, 4) is 0 Å². The fraction of sp³-hybridized carbons (Fsp3) is 0.345. The number of hydrogen-bond acceptors (Lipinski definition) is 3. The number of nitrogens with zero attached hydrogens (tertiary/aromatic N) is 2. The van der Waals surface area contributed by atoms with Crippen LogP contribution in [0.1, 0.15) is 41.2 Å². The molecule has 0 bridgehead atoms. The molecule has 1 N–H and O–H groups in total. The topological polar surface area (TPSA) is 50.4 Å². The molecule has 176 valence electrons. The summed E-state index contributed by atoms with van der Waals surface area (Å²) in [6.07, 6.45) is 1.78. The lowest BCUT2D eigenvalue weighted by molar-refractivity contribution is -0.126. The highest BCUT2D eigenvalue weighted by molar-refractivity contribution is 5.81. The van der Waals surface area contributed by atoms with Crippen LogP contribution >= 0.6 is 0 Å². The maximum absolute atomic E-state index is 12.7. The number of likely N-dealkylation sites (tertiary alicyclic amines) is 1. The molecule has 0 unspecified atom stereocenters. The minimum atomic E-state index is 0.0745. The number of nitrogens with one attached hydrogen (secondary N) is 1. The summed E-state index contributed by atoms with van der Waals surface area (Å²) in [5.41, 5.74) is 5.23. The van der Waals surface area contributed by atoms with E-state index in [0.717, 1.165) is 50.5 Å². The lowest BCUT2D eigenvalue weighted by atomic mass is 9.96. The summed E-state index contributed by atoms with van der Waals surface area (Å²) in [5.74, 6) is 1.90. The number of amides is 1. The van der Waals surface area contributed by atoms with E-state index < -0.39 is 0 Å². The molecule has 0 aliphatic carbocycles. The van der Waals surface area contributed by atoms with Gasteiger partial charge in [0.15, 0.2) is 0 Å². The van der Waals surface area contributed by atoms with Gasteiger partial charge < -0.3 is 14.3 Å². The molecular formula is C29H33N3O2. The Balaban J connectivity index is 1.23. The Morgan fingerprint density at radius 3 is 2.56 bits per heavy atom. The Bertz CT molecular complexity index is 1280. The third kappa shape index (κ3) is 5.10. The highest BCUT2D eigenvalue weighted by Gasteiger charge is 2.25. The second-order valence-corrected chi connectivity index (χ2v) is 9.55. The van der Waals surface area contributed by atoms with Crippen LogP contribution < -0.4 is 5.32 Å². The predicted molar refractivity (Wildman–Crippen MR) is 136 cm³/mol. The zero-order valence-electron chi connectivity index (χ0n) is 20.1. The molecule has 0 radical (unpaired) electrons. The van der Waals surface area contributed by atoms with Crippen molar-refractivity contribution in [1.29, 1.82) is 0 Å². The van der Waals surface area contributed by atoms with E-state index in [2.05, 4.69) is 76.3 Å². The molecule has 1 saturated heterocycles. The summed E-state index contributed by atoms with van der Waals surface area (Å²) in [6.45, 7) is 8.17. The minimum Gasteiger partial charge on any atom is -0.465 e. The number of aromatic nitrogens is 1. The van der Waals surface area contributed by atoms with Gasteiger partial charge in [0.2, 0.25) is 5.91 Å². The Morgan fingerprint density at radius 1 is 0.971 bits per heavy atom. The average molecular weight is 456 g/mol. The van der Waals surface area contributed by atoms with Crippen LogP contribution in [0.5, 0.6) is 0 Å². The zero-order valence-corrected chi connectivity index (χ0v) is 20.1. The highest BCUT2D eigenvalue weighted by Crippen LogP contribution is 2.25. The molecule has 1 fully saturated rings. The van der Waals surface area contributed by atoms with E-state index in [0.29, 0.717) is 6.54 Å². The first kappa shape index (κ1) is 22.5. The number of carbonyl (C=O) groups is 1. The Labute approximate surface area is 201 Å². The molecule has 0 saturated carbocycles. The van der Waals surface area contributed by atoms with Gasteiger partial charge in [0.1, 0.15) is 11.5 Å². The number of aryl methyl sites for hydroxylation is 2. The van der Waals surface area contributed by atoms with Gasteiger partial charge in [0, 0.05) is 30.2 Å². The van der Waals surface area contributed by atoms with Gasteiger partial charge in [-0.3, -0.25) is 9.69 Å². The van der Waals surface area contributed by atoms with Gasteiger partial charge in [-0.2, -0.15) is 0 Å². The standard InChI is InChI=1S/C29H33N3O2/c1-21-6-5-7-23(16-21)19-32-26(17-25-8-3-4-9-28(25)32)20-31-14-12-24(13-15-31)29(33)30-18-27-11-10-22(2)34-27/h3-11,16-17,24H,12-15,18-20H2,1-2H3,(H,30,33). The first-order valence-electron chi connectivity index (χ1n) is 12.2. The lowest BCUT2D eigenvalue weighted by Crippen LogP contribution is -2.40. The first-order valence-corrected chi connectivity index (χ1v) is 12.2. The van der Waals surface area contributed by atoms with E-state index in [9.17, 15) is 4.79 Å². The van der Waals surface area contributed by atoms with E-state index >= 15 is 0 Å². The fourth-order valence-electron chi connectivity index (χ4n) is 5.06. The minimum absolute atomic E-state index is 0.0745. The molecular weight excluding hydrogens is 422 g/mol. The molecule has 34 heavy (non-hydrogen) atoms. The summed E-state index contributed by atoms with van der Waals surface area (Å²) >= 11 is 0. The van der Waals surface area contributed by atoms with Crippen LogP contribution in [0.3, 0.4) is 0 Å². The molecule has 1 aliphatic heterocycles. The van der Waals surface area contributed by atoms with Gasteiger partial charge >= 0.3 is 0 Å². The van der Waals surface area contributed by atoms with Gasteiger partial charge in [-0.05, 0) is 75.0 Å². The van der Waals surface area contributed by atoms with Gasteiger partial charge in [0.25, 0.3) is 0 Å². The number of rotatable bonds is 7. The van der Waals surface area contributed by atoms with Crippen LogP contribution in [0.15, 0.2) is 71.1 Å². The molecule has 5 rings (SSSR count). The van der Waals surface area contributed by atoms with Crippen LogP contribution in [0.4, 0.5) is 0 Å². The predicted octanol–water partition coefficient (Wildman–Crippen LogP) is 5.43. The number of carbonyl (C=O) groups excluding carboxylic acids is 1. The number of fused-ring (bicyclic) bond motifs is 1. The Hall–Kier alpha value is -3.31. The molecule has 1 amide bonds. The average Bonchev–Trinajstić information content (AvgIpc) is 3.41. The summed E-state index contributed by atoms with van der Waals surface area (Å²) in [5, 5.41) is 4.33. The molecule has 3 heterocycles. The Morgan fingerprint density at radius 2 is 1.79 bits per heavy atom. The van der Waals surface area contributed by atoms with Crippen molar-refractivity contribution >= 4 is 16.8 Å². The van der Waals surface area contributed by atoms with Crippen LogP contribution in [0.25, 0.3) is 10.9 Å². The molecule has 5 nitrogen and oxygen atoms in total. The number of hydrogen-bond donors (Lipinski definition) is 1. The van der Waals surface area contributed by atoms with Crippen LogP contribution in [-0.4, -0.2) is 28.5 Å². The normalized spacial score (nSPS) is 15.1. The molecule has 0 atom stereocenters. The van der Waals surface area contributed by atoms with Gasteiger partial charge in [-0.25, -0.2) is 0 Å². The largest absolute Gasteiger partial charge is 0.465 e. The van der Waals surface area contributed by atoms with Gasteiger partial charge in [-0.1, -0.05) is 48.0 Å². The molecule has 0 spiro atoms. The van der Waals surface area contributed by atoms with Crippen molar-refractivity contribution in [2.45, 2.75) is 46.3 Å². The smallest absolute Gasteiger partial charge is 0.223 e. The molecule has 1 aliphatic rings. The summed E-state index contributed by atoms with van der Waals surface area (Å²) in [6, 6.07) is 23.6. The van der Waals surface area contributed by atoms with Crippen molar-refractivity contribution in [2.24, 2.45) is 5.92 Å². The number of furan rings is 1. The third-order valence-corrected chi connectivity index (χ3v) is 6.90. The second kappa shape index (κ2) is 9.90. The summed E-state index contributed by atoms with van der Waals surface area (Å²) < 4.78 is 8.02. The SMILES string of the molecule is Cc1cccc(Cn2c(CN3CCC(C(=O)NCc4ccc(C)o4)CC3)cc3ccccc32)c1. The third-order valence-electron chi connectivity index (χ3n) is 6.90. The van der Waals surface area contributed by atoms with E-state index in [4.69, 9.17) is 4.42 Å². The second-order valence-electron chi connectivity index (χ2n) is 9.55. The van der Waals surface area contributed by atoms with Crippen LogP contribution in [-0.2, 0) is 24.4 Å². The molecule has 5 heteroatoms. The van der Waals surface area contributed by atoms with Crippen molar-refractivity contribution in [3.63, 3.8) is 0 Å². The number of benzene rings is 2. The van der Waals surface area contributed by atoms with Crippen molar-refractivity contribution < 1.29 is 9.21 Å². The summed E-state index contributed by atoms with van der Waals surface area (Å²) in [7, 11) is 0. The van der Waals surface area contributed by atoms with Crippen molar-refractivity contribution in [3.05, 3.63) is 95.1 Å². The van der Waals surface area contributed by atoms with E-state index in [-0.39, 0.29) is 11.8 Å². The fourth-order valence-corrected chi connectivity index (χ4v) is 5.06.